The maximum absolute atomic E-state index is 13.8. The van der Waals surface area contributed by atoms with Crippen LogP contribution >= 0.6 is 15.9 Å². The summed E-state index contributed by atoms with van der Waals surface area (Å²) in [5, 5.41) is 3.36. The minimum absolute atomic E-state index is 0.00532. The van der Waals surface area contributed by atoms with Crippen molar-refractivity contribution >= 4 is 39.7 Å². The van der Waals surface area contributed by atoms with Gasteiger partial charge in [0.15, 0.2) is 0 Å². The van der Waals surface area contributed by atoms with Gasteiger partial charge in [-0.25, -0.2) is 9.78 Å². The van der Waals surface area contributed by atoms with E-state index >= 15 is 0 Å². The third kappa shape index (κ3) is 8.02. The Bertz CT molecular complexity index is 1260. The summed E-state index contributed by atoms with van der Waals surface area (Å²) in [6.45, 7) is 9.32. The van der Waals surface area contributed by atoms with Crippen molar-refractivity contribution in [3.05, 3.63) is 82.5 Å². The van der Waals surface area contributed by atoms with Crippen molar-refractivity contribution in [1.82, 2.24) is 14.9 Å². The summed E-state index contributed by atoms with van der Waals surface area (Å²) in [6.07, 6.45) is 2.92. The number of ether oxygens (including phenoxy) is 1. The summed E-state index contributed by atoms with van der Waals surface area (Å²) in [7, 11) is 0. The number of benzene rings is 2. The van der Waals surface area contributed by atoms with Gasteiger partial charge in [0.25, 0.3) is 5.91 Å². The zero-order valence-corrected chi connectivity index (χ0v) is 24.5. The molecule has 9 heteroatoms. The van der Waals surface area contributed by atoms with Gasteiger partial charge < -0.3 is 15.0 Å². The highest BCUT2D eigenvalue weighted by atomic mass is 79.9. The molecule has 4 rings (SSSR count). The molecule has 1 saturated heterocycles. The Labute approximate surface area is 238 Å². The van der Waals surface area contributed by atoms with Gasteiger partial charge in [0.2, 0.25) is 5.95 Å². The van der Waals surface area contributed by atoms with E-state index in [1.54, 1.807) is 22.1 Å². The zero-order chi connectivity index (χ0) is 28.0. The van der Waals surface area contributed by atoms with Crippen LogP contribution in [-0.4, -0.2) is 52.1 Å². The molecule has 2 heterocycles. The van der Waals surface area contributed by atoms with E-state index < -0.39 is 5.60 Å². The predicted octanol–water partition coefficient (Wildman–Crippen LogP) is 6.71. The van der Waals surface area contributed by atoms with Gasteiger partial charge in [-0.1, -0.05) is 46.3 Å². The number of likely N-dealkylation sites (tertiary alicyclic amines) is 1. The van der Waals surface area contributed by atoms with E-state index in [1.807, 2.05) is 63.2 Å². The van der Waals surface area contributed by atoms with Gasteiger partial charge in [-0.05, 0) is 82.3 Å². The van der Waals surface area contributed by atoms with Crippen LogP contribution in [0.5, 0.6) is 0 Å². The third-order valence-electron chi connectivity index (χ3n) is 6.61. The first-order valence-electron chi connectivity index (χ1n) is 13.3. The molecule has 0 radical (unpaired) electrons. The molecule has 1 aromatic heterocycles. The first kappa shape index (κ1) is 28.5. The third-order valence-corrected chi connectivity index (χ3v) is 7.13. The van der Waals surface area contributed by atoms with E-state index in [9.17, 15) is 9.59 Å². The summed E-state index contributed by atoms with van der Waals surface area (Å²) in [5.41, 5.74) is 1.17. The lowest BCUT2D eigenvalue weighted by atomic mass is 9.96. The molecule has 3 aromatic rings. The Balaban J connectivity index is 1.51. The SMILES string of the molecule is C[C@H](Nc1nccc(N(CC2CCN(C(=O)OC(C)(C)C)CC2)C(=O)c2ccc(Br)cc2)n1)c1ccccc1. The molecule has 1 aliphatic heterocycles. The van der Waals surface area contributed by atoms with E-state index in [1.165, 1.54) is 0 Å². The van der Waals surface area contributed by atoms with Crippen LogP contribution in [0.4, 0.5) is 16.6 Å². The first-order valence-corrected chi connectivity index (χ1v) is 14.1. The average molecular weight is 595 g/mol. The molecule has 1 fully saturated rings. The van der Waals surface area contributed by atoms with Gasteiger partial charge in [0, 0.05) is 35.9 Å². The normalized spacial score (nSPS) is 14.9. The number of piperidine rings is 1. The summed E-state index contributed by atoms with van der Waals surface area (Å²) in [4.78, 5) is 38.9. The number of nitrogens with one attached hydrogen (secondary N) is 1. The Morgan fingerprint density at radius 2 is 1.74 bits per heavy atom. The number of carbonyl (C=O) groups excluding carboxylic acids is 2. The molecule has 1 N–H and O–H groups in total. The number of amides is 2. The smallest absolute Gasteiger partial charge is 0.410 e. The van der Waals surface area contributed by atoms with Gasteiger partial charge in [-0.2, -0.15) is 4.98 Å². The van der Waals surface area contributed by atoms with Crippen LogP contribution < -0.4 is 10.2 Å². The van der Waals surface area contributed by atoms with E-state index in [-0.39, 0.29) is 24.0 Å². The molecule has 1 atom stereocenters. The fraction of sp³-hybridized carbons (Fsp3) is 0.400. The van der Waals surface area contributed by atoms with E-state index in [0.29, 0.717) is 37.0 Å². The van der Waals surface area contributed by atoms with Gasteiger partial charge in [0.1, 0.15) is 11.4 Å². The minimum atomic E-state index is -0.529. The number of hydrogen-bond donors (Lipinski definition) is 1. The minimum Gasteiger partial charge on any atom is -0.444 e. The topological polar surface area (TPSA) is 87.7 Å². The Hall–Kier alpha value is -3.46. The number of anilines is 2. The van der Waals surface area contributed by atoms with Crippen molar-refractivity contribution in [2.24, 2.45) is 5.92 Å². The molecule has 0 bridgehead atoms. The Morgan fingerprint density at radius 1 is 1.08 bits per heavy atom. The maximum Gasteiger partial charge on any atom is 0.410 e. The predicted molar refractivity (Wildman–Crippen MR) is 157 cm³/mol. The number of hydrogen-bond acceptors (Lipinski definition) is 6. The molecule has 1 aliphatic rings. The van der Waals surface area contributed by atoms with E-state index in [0.717, 1.165) is 22.9 Å². The highest BCUT2D eigenvalue weighted by Gasteiger charge is 2.30. The van der Waals surface area contributed by atoms with Crippen LogP contribution in [0.2, 0.25) is 0 Å². The summed E-state index contributed by atoms with van der Waals surface area (Å²) in [6, 6.07) is 19.2. The molecule has 0 aliphatic carbocycles. The van der Waals surface area contributed by atoms with Crippen molar-refractivity contribution in [2.45, 2.75) is 52.2 Å². The second-order valence-corrected chi connectivity index (χ2v) is 11.8. The van der Waals surface area contributed by atoms with Crippen LogP contribution in [0.15, 0.2) is 71.3 Å². The number of halogens is 1. The standard InChI is InChI=1S/C30H36BrN5O3/c1-21(23-8-6-5-7-9-23)33-28-32-17-14-26(34-28)36(27(37)24-10-12-25(31)13-11-24)20-22-15-18-35(19-16-22)29(38)39-30(2,3)4/h5-14,17,21-22H,15-16,18-20H2,1-4H3,(H,32,33,34)/t21-/m0/s1. The van der Waals surface area contributed by atoms with Crippen LogP contribution in [0.1, 0.15) is 62.5 Å². The largest absolute Gasteiger partial charge is 0.444 e. The average Bonchev–Trinajstić information content (AvgIpc) is 2.92. The molecule has 2 amide bonds. The number of carbonyl (C=O) groups is 2. The van der Waals surface area contributed by atoms with Gasteiger partial charge >= 0.3 is 6.09 Å². The van der Waals surface area contributed by atoms with E-state index in [2.05, 4.69) is 45.3 Å². The van der Waals surface area contributed by atoms with E-state index in [4.69, 9.17) is 9.72 Å². The molecule has 0 saturated carbocycles. The molecule has 0 unspecified atom stereocenters. The lowest BCUT2D eigenvalue weighted by Crippen LogP contribution is -2.45. The molecule has 8 nitrogen and oxygen atoms in total. The van der Waals surface area contributed by atoms with Crippen LogP contribution in [-0.2, 0) is 4.74 Å². The fourth-order valence-electron chi connectivity index (χ4n) is 4.50. The zero-order valence-electron chi connectivity index (χ0n) is 22.9. The van der Waals surface area contributed by atoms with Crippen LogP contribution in [0.25, 0.3) is 0 Å². The summed E-state index contributed by atoms with van der Waals surface area (Å²) in [5.74, 6) is 1.07. The maximum atomic E-state index is 13.8. The second kappa shape index (κ2) is 12.6. The number of aromatic nitrogens is 2. The molecule has 0 spiro atoms. The van der Waals surface area contributed by atoms with Crippen LogP contribution in [0, 0.1) is 5.92 Å². The highest BCUT2D eigenvalue weighted by Crippen LogP contribution is 2.26. The quantitative estimate of drug-likeness (QED) is 0.327. The molecule has 2 aromatic carbocycles. The summed E-state index contributed by atoms with van der Waals surface area (Å²) >= 11 is 3.45. The number of rotatable bonds is 7. The lowest BCUT2D eigenvalue weighted by Gasteiger charge is -2.35. The van der Waals surface area contributed by atoms with Gasteiger partial charge in [-0.3, -0.25) is 9.69 Å². The molecular formula is C30H36BrN5O3. The summed E-state index contributed by atoms with van der Waals surface area (Å²) < 4.78 is 6.45. The Kier molecular flexibility index (Phi) is 9.22. The lowest BCUT2D eigenvalue weighted by molar-refractivity contribution is 0.0185. The molecule has 206 valence electrons. The molecule has 39 heavy (non-hydrogen) atoms. The van der Waals surface area contributed by atoms with Crippen molar-refractivity contribution in [1.29, 1.82) is 0 Å². The van der Waals surface area contributed by atoms with Gasteiger partial charge in [-0.15, -0.1) is 0 Å². The first-order chi connectivity index (χ1) is 18.6. The number of nitrogens with zero attached hydrogens (tertiary/aromatic N) is 4. The van der Waals surface area contributed by atoms with Crippen molar-refractivity contribution in [2.75, 3.05) is 29.9 Å². The fourth-order valence-corrected chi connectivity index (χ4v) is 4.76. The van der Waals surface area contributed by atoms with Crippen molar-refractivity contribution in [3.63, 3.8) is 0 Å². The van der Waals surface area contributed by atoms with Gasteiger partial charge in [0.05, 0.1) is 6.04 Å². The van der Waals surface area contributed by atoms with Crippen LogP contribution in [0.3, 0.4) is 0 Å². The molecular weight excluding hydrogens is 558 g/mol. The second-order valence-electron chi connectivity index (χ2n) is 10.8. The van der Waals surface area contributed by atoms with Crippen molar-refractivity contribution in [3.8, 4) is 0 Å². The highest BCUT2D eigenvalue weighted by molar-refractivity contribution is 9.10. The van der Waals surface area contributed by atoms with Crippen molar-refractivity contribution < 1.29 is 14.3 Å². The Morgan fingerprint density at radius 3 is 2.38 bits per heavy atom. The monoisotopic (exact) mass is 593 g/mol.